The van der Waals surface area contributed by atoms with Gasteiger partial charge in [-0.1, -0.05) is 22.6 Å². The van der Waals surface area contributed by atoms with Crippen LogP contribution in [0.4, 0.5) is 4.39 Å². The molecule has 1 nitrogen and oxygen atoms in total. The number of hydrogen-bond donors (Lipinski definition) is 1. The van der Waals surface area contributed by atoms with Crippen molar-refractivity contribution < 1.29 is 9.50 Å². The molecule has 0 aromatic heterocycles. The van der Waals surface area contributed by atoms with Crippen molar-refractivity contribution in [1.29, 1.82) is 0 Å². The Morgan fingerprint density at radius 2 is 2.29 bits per heavy atom. The van der Waals surface area contributed by atoms with Crippen LogP contribution in [0.2, 0.25) is 0 Å². The third kappa shape index (κ3) is 3.22. The zero-order valence-corrected chi connectivity index (χ0v) is 6.22. The average Bonchev–Trinajstić information content (AvgIpc) is 1.65. The summed E-state index contributed by atoms with van der Waals surface area (Å²) in [5, 5.41) is 8.26. The van der Waals surface area contributed by atoms with Crippen molar-refractivity contribution in [2.45, 2.75) is 17.0 Å². The number of aliphatic hydroxyl groups excluding tert-OH is 1. The fourth-order valence-corrected chi connectivity index (χ4v) is 0.145. The Kier molecular flexibility index (Phi) is 3.92. The fraction of sp³-hybridized carbons (Fsp3) is 1.00. The van der Waals surface area contributed by atoms with Crippen LogP contribution >= 0.6 is 22.6 Å². The summed E-state index contributed by atoms with van der Waals surface area (Å²) in [6.45, 7) is 1.37. The predicted octanol–water partition coefficient (Wildman–Crippen LogP) is 1.14. The molecule has 2 atom stereocenters. The first kappa shape index (κ1) is 7.62. The Morgan fingerprint density at radius 1 is 1.86 bits per heavy atom. The average molecular weight is 218 g/mol. The topological polar surface area (TPSA) is 20.2 Å². The van der Waals surface area contributed by atoms with Gasteiger partial charge in [0.1, 0.15) is 6.17 Å². The first-order valence-corrected chi connectivity index (χ1v) is 3.32. The molecule has 0 aromatic rings. The maximum atomic E-state index is 11.9. The fourth-order valence-electron chi connectivity index (χ4n) is 0.145. The van der Waals surface area contributed by atoms with Gasteiger partial charge in [0.2, 0.25) is 0 Å². The Balaban J connectivity index is 3.14. The molecule has 7 heavy (non-hydrogen) atoms. The van der Waals surface area contributed by atoms with Crippen molar-refractivity contribution in [3.8, 4) is 0 Å². The molecular formula is C4H8FIO. The summed E-state index contributed by atoms with van der Waals surface area (Å²) in [6, 6.07) is 0. The number of halogens is 2. The van der Waals surface area contributed by atoms with E-state index >= 15 is 0 Å². The lowest BCUT2D eigenvalue weighted by Gasteiger charge is -2.04. The van der Waals surface area contributed by atoms with Crippen molar-refractivity contribution >= 4 is 22.6 Å². The van der Waals surface area contributed by atoms with Gasteiger partial charge in [-0.25, -0.2) is 4.39 Å². The first-order chi connectivity index (χ1) is 3.18. The largest absolute Gasteiger partial charge is 0.395 e. The number of alkyl halides is 2. The third-order valence-corrected chi connectivity index (χ3v) is 2.06. The Hall–Kier alpha value is 0.620. The minimum Gasteiger partial charge on any atom is -0.395 e. The summed E-state index contributed by atoms with van der Waals surface area (Å²) in [7, 11) is 0. The lowest BCUT2D eigenvalue weighted by molar-refractivity contribution is 0.246. The van der Waals surface area contributed by atoms with Crippen molar-refractivity contribution in [2.24, 2.45) is 0 Å². The molecule has 1 N–H and O–H groups in total. The van der Waals surface area contributed by atoms with Crippen LogP contribution in [0.25, 0.3) is 0 Å². The highest BCUT2D eigenvalue weighted by Crippen LogP contribution is 2.07. The number of hydrogen-bond acceptors (Lipinski definition) is 1. The van der Waals surface area contributed by atoms with Crippen molar-refractivity contribution in [3.63, 3.8) is 0 Å². The normalized spacial score (nSPS) is 18.9. The molecular weight excluding hydrogens is 210 g/mol. The highest BCUT2D eigenvalue weighted by Gasteiger charge is 2.08. The lowest BCUT2D eigenvalue weighted by Crippen LogP contribution is -2.14. The SMILES string of the molecule is CC(F)C(I)CO. The molecule has 0 rings (SSSR count). The zero-order chi connectivity index (χ0) is 5.86. The molecule has 0 aliphatic carbocycles. The molecule has 0 bridgehead atoms. The van der Waals surface area contributed by atoms with Crippen LogP contribution in [0.1, 0.15) is 6.92 Å². The van der Waals surface area contributed by atoms with Crippen LogP contribution < -0.4 is 0 Å². The summed E-state index contributed by atoms with van der Waals surface area (Å²) in [5.74, 6) is 0. The molecule has 0 saturated heterocycles. The predicted molar refractivity (Wildman–Crippen MR) is 35.5 cm³/mol. The second kappa shape index (κ2) is 3.60. The van der Waals surface area contributed by atoms with Crippen molar-refractivity contribution in [3.05, 3.63) is 0 Å². The molecule has 0 amide bonds. The van der Waals surface area contributed by atoms with E-state index in [0.29, 0.717) is 0 Å². The zero-order valence-electron chi connectivity index (χ0n) is 4.06. The summed E-state index contributed by atoms with van der Waals surface area (Å²) in [5.41, 5.74) is 0. The summed E-state index contributed by atoms with van der Waals surface area (Å²) in [6.07, 6.45) is -0.898. The Morgan fingerprint density at radius 3 is 2.29 bits per heavy atom. The highest BCUT2D eigenvalue weighted by molar-refractivity contribution is 14.1. The standard InChI is InChI=1S/C4H8FIO/c1-3(5)4(6)2-7/h3-4,7H,2H2,1H3. The van der Waals surface area contributed by atoms with Gasteiger partial charge in [0.05, 0.1) is 10.5 Å². The van der Waals surface area contributed by atoms with E-state index in [4.69, 9.17) is 5.11 Å². The van der Waals surface area contributed by atoms with Crippen molar-refractivity contribution in [2.75, 3.05) is 6.61 Å². The van der Waals surface area contributed by atoms with E-state index in [1.807, 2.05) is 22.6 Å². The lowest BCUT2D eigenvalue weighted by atomic mass is 10.3. The van der Waals surface area contributed by atoms with E-state index in [9.17, 15) is 4.39 Å². The van der Waals surface area contributed by atoms with Gasteiger partial charge in [-0.3, -0.25) is 0 Å². The second-order valence-corrected chi connectivity index (χ2v) is 2.98. The van der Waals surface area contributed by atoms with E-state index in [-0.39, 0.29) is 10.5 Å². The first-order valence-electron chi connectivity index (χ1n) is 2.07. The van der Waals surface area contributed by atoms with Gasteiger partial charge in [0.15, 0.2) is 0 Å². The van der Waals surface area contributed by atoms with Gasteiger partial charge >= 0.3 is 0 Å². The van der Waals surface area contributed by atoms with E-state index in [1.54, 1.807) is 0 Å². The van der Waals surface area contributed by atoms with Gasteiger partial charge in [-0.05, 0) is 6.92 Å². The molecule has 0 aromatic carbocycles. The number of rotatable bonds is 2. The highest BCUT2D eigenvalue weighted by atomic mass is 127. The van der Waals surface area contributed by atoms with Crippen LogP contribution in [0.5, 0.6) is 0 Å². The van der Waals surface area contributed by atoms with E-state index < -0.39 is 6.17 Å². The number of aliphatic hydroxyl groups is 1. The van der Waals surface area contributed by atoms with Crippen LogP contribution in [0, 0.1) is 0 Å². The molecule has 44 valence electrons. The van der Waals surface area contributed by atoms with Gasteiger partial charge < -0.3 is 5.11 Å². The second-order valence-electron chi connectivity index (χ2n) is 1.38. The van der Waals surface area contributed by atoms with E-state index in [1.165, 1.54) is 6.92 Å². The molecule has 0 fully saturated rings. The molecule has 0 saturated carbocycles. The quantitative estimate of drug-likeness (QED) is 0.544. The summed E-state index contributed by atoms with van der Waals surface area (Å²) < 4.78 is 11.7. The van der Waals surface area contributed by atoms with Gasteiger partial charge in [0, 0.05) is 0 Å². The van der Waals surface area contributed by atoms with E-state index in [2.05, 4.69) is 0 Å². The van der Waals surface area contributed by atoms with Gasteiger partial charge in [0.25, 0.3) is 0 Å². The van der Waals surface area contributed by atoms with Gasteiger partial charge in [-0.2, -0.15) is 0 Å². The monoisotopic (exact) mass is 218 g/mol. The van der Waals surface area contributed by atoms with Crippen LogP contribution in [-0.2, 0) is 0 Å². The molecule has 2 unspecified atom stereocenters. The van der Waals surface area contributed by atoms with E-state index in [0.717, 1.165) is 0 Å². The smallest absolute Gasteiger partial charge is 0.111 e. The van der Waals surface area contributed by atoms with Crippen LogP contribution in [-0.4, -0.2) is 21.8 Å². The molecule has 0 heterocycles. The van der Waals surface area contributed by atoms with Crippen molar-refractivity contribution in [1.82, 2.24) is 0 Å². The minimum atomic E-state index is -0.898. The maximum absolute atomic E-state index is 11.9. The molecule has 0 radical (unpaired) electrons. The Bertz CT molecular complexity index is 49.0. The maximum Gasteiger partial charge on any atom is 0.111 e. The van der Waals surface area contributed by atoms with Crippen LogP contribution in [0.3, 0.4) is 0 Å². The molecule has 0 aliphatic rings. The summed E-state index contributed by atoms with van der Waals surface area (Å²) in [4.78, 5) is 0. The van der Waals surface area contributed by atoms with Crippen LogP contribution in [0.15, 0.2) is 0 Å². The van der Waals surface area contributed by atoms with Gasteiger partial charge in [-0.15, -0.1) is 0 Å². The minimum absolute atomic E-state index is 0.0712. The molecule has 0 spiro atoms. The molecule has 0 aliphatic heterocycles. The summed E-state index contributed by atoms with van der Waals surface area (Å²) >= 11 is 1.87. The third-order valence-electron chi connectivity index (χ3n) is 0.673. The molecule has 3 heteroatoms. The Labute approximate surface area is 56.1 Å².